The van der Waals surface area contributed by atoms with Gasteiger partial charge in [-0.1, -0.05) is 39.3 Å². The summed E-state index contributed by atoms with van der Waals surface area (Å²) in [5.74, 6) is 0. The summed E-state index contributed by atoms with van der Waals surface area (Å²) in [6.07, 6.45) is 11.1. The lowest BCUT2D eigenvalue weighted by Gasteiger charge is -2.20. The Labute approximate surface area is 116 Å². The van der Waals surface area contributed by atoms with E-state index in [1.807, 2.05) is 6.08 Å². The van der Waals surface area contributed by atoms with Crippen molar-refractivity contribution in [3.05, 3.63) is 35.6 Å². The molecule has 19 heavy (non-hydrogen) atoms. The molecular formula is C16H27NO2. The van der Waals surface area contributed by atoms with Crippen LogP contribution in [-0.4, -0.2) is 17.9 Å². The zero-order chi connectivity index (χ0) is 14.7. The van der Waals surface area contributed by atoms with Crippen molar-refractivity contribution in [2.75, 3.05) is 6.54 Å². The van der Waals surface area contributed by atoms with Gasteiger partial charge in [0, 0.05) is 0 Å². The lowest BCUT2D eigenvalue weighted by atomic mass is 9.84. The van der Waals surface area contributed by atoms with E-state index < -0.39 is 0 Å². The van der Waals surface area contributed by atoms with Gasteiger partial charge in [0.2, 0.25) is 0 Å². The maximum absolute atomic E-state index is 10.4. The fraction of sp³-hybridized carbons (Fsp3) is 0.562. The van der Waals surface area contributed by atoms with E-state index in [1.54, 1.807) is 6.08 Å². The smallest absolute Gasteiger partial charge is 0.142 e. The first kappa shape index (κ1) is 17.6. The summed E-state index contributed by atoms with van der Waals surface area (Å²) in [6, 6.07) is 0. The Morgan fingerprint density at radius 1 is 1.21 bits per heavy atom. The zero-order valence-electron chi connectivity index (χ0n) is 12.4. The molecule has 0 amide bonds. The Balaban J connectivity index is 4.77. The molecule has 0 aromatic heterocycles. The predicted octanol–water partition coefficient (Wildman–Crippen LogP) is 3.68. The molecule has 0 aromatic rings. The summed E-state index contributed by atoms with van der Waals surface area (Å²) >= 11 is 0. The minimum atomic E-state index is -0.0645. The van der Waals surface area contributed by atoms with Crippen LogP contribution in [0.25, 0.3) is 0 Å². The van der Waals surface area contributed by atoms with Crippen LogP contribution in [0.1, 0.15) is 46.5 Å². The van der Waals surface area contributed by atoms with Crippen molar-refractivity contribution in [1.29, 1.82) is 0 Å². The van der Waals surface area contributed by atoms with E-state index in [0.717, 1.165) is 49.4 Å². The van der Waals surface area contributed by atoms with E-state index in [9.17, 15) is 9.90 Å². The van der Waals surface area contributed by atoms with Crippen molar-refractivity contribution < 1.29 is 9.90 Å². The number of rotatable bonds is 8. The number of allylic oxidation sites excluding steroid dienone is 5. The third kappa shape index (κ3) is 8.38. The van der Waals surface area contributed by atoms with Crippen LogP contribution in [0, 0.1) is 5.41 Å². The van der Waals surface area contributed by atoms with Crippen molar-refractivity contribution in [2.45, 2.75) is 46.5 Å². The van der Waals surface area contributed by atoms with Gasteiger partial charge in [-0.3, -0.25) is 4.79 Å². The monoisotopic (exact) mass is 265 g/mol. The molecule has 3 nitrogen and oxygen atoms in total. The molecule has 0 aromatic carbocycles. The summed E-state index contributed by atoms with van der Waals surface area (Å²) in [6.45, 7) is 6.95. The van der Waals surface area contributed by atoms with Crippen LogP contribution in [0.3, 0.4) is 0 Å². The molecule has 0 saturated heterocycles. The van der Waals surface area contributed by atoms with Crippen LogP contribution in [-0.2, 0) is 4.79 Å². The lowest BCUT2D eigenvalue weighted by Crippen LogP contribution is -2.08. The predicted molar refractivity (Wildman–Crippen MR) is 81.0 cm³/mol. The van der Waals surface area contributed by atoms with Gasteiger partial charge in [-0.25, -0.2) is 0 Å². The number of aldehydes is 1. The molecule has 0 atom stereocenters. The summed E-state index contributed by atoms with van der Waals surface area (Å²) in [5, 5.41) is 9.30. The third-order valence-corrected chi connectivity index (χ3v) is 2.90. The van der Waals surface area contributed by atoms with E-state index in [-0.39, 0.29) is 5.41 Å². The molecule has 0 spiro atoms. The van der Waals surface area contributed by atoms with E-state index >= 15 is 0 Å². The second-order valence-corrected chi connectivity index (χ2v) is 5.65. The van der Waals surface area contributed by atoms with Crippen LogP contribution in [0.2, 0.25) is 0 Å². The minimum absolute atomic E-state index is 0.0645. The fourth-order valence-electron chi connectivity index (χ4n) is 1.68. The highest BCUT2D eigenvalue weighted by Gasteiger charge is 2.14. The van der Waals surface area contributed by atoms with Crippen molar-refractivity contribution in [2.24, 2.45) is 11.1 Å². The first-order valence-electron chi connectivity index (χ1n) is 6.83. The number of carbonyl (C=O) groups excluding carboxylic acids is 1. The average molecular weight is 265 g/mol. The molecule has 0 aliphatic carbocycles. The number of nitrogens with two attached hydrogens (primary N) is 1. The van der Waals surface area contributed by atoms with E-state index in [0.29, 0.717) is 6.54 Å². The van der Waals surface area contributed by atoms with Gasteiger partial charge in [0.15, 0.2) is 0 Å². The van der Waals surface area contributed by atoms with Crippen LogP contribution in [0.15, 0.2) is 35.6 Å². The number of aliphatic hydroxyl groups excluding tert-OH is 1. The Bertz CT molecular complexity index is 346. The van der Waals surface area contributed by atoms with Crippen molar-refractivity contribution in [1.82, 2.24) is 0 Å². The Kier molecular flexibility index (Phi) is 8.88. The molecule has 3 N–H and O–H groups in total. The quantitative estimate of drug-likeness (QED) is 0.231. The average Bonchev–Trinajstić information content (AvgIpc) is 2.35. The van der Waals surface area contributed by atoms with Crippen LogP contribution < -0.4 is 5.73 Å². The Hall–Kier alpha value is -1.35. The molecular weight excluding hydrogens is 238 g/mol. The summed E-state index contributed by atoms with van der Waals surface area (Å²) in [5.41, 5.74) is 7.30. The molecule has 0 rings (SSSR count). The largest absolute Gasteiger partial charge is 0.515 e. The van der Waals surface area contributed by atoms with Gasteiger partial charge in [0.05, 0.1) is 6.26 Å². The number of unbranched alkanes of at least 4 members (excludes halogenated alkanes) is 2. The zero-order valence-corrected chi connectivity index (χ0v) is 12.4. The molecule has 108 valence electrons. The summed E-state index contributed by atoms with van der Waals surface area (Å²) < 4.78 is 0. The maximum atomic E-state index is 10.4. The Morgan fingerprint density at radius 2 is 1.89 bits per heavy atom. The highest BCUT2D eigenvalue weighted by Crippen LogP contribution is 2.28. The van der Waals surface area contributed by atoms with E-state index in [4.69, 9.17) is 5.73 Å². The van der Waals surface area contributed by atoms with Gasteiger partial charge < -0.3 is 10.8 Å². The van der Waals surface area contributed by atoms with Crippen molar-refractivity contribution >= 4 is 6.29 Å². The van der Waals surface area contributed by atoms with E-state index in [2.05, 4.69) is 20.8 Å². The second-order valence-electron chi connectivity index (χ2n) is 5.65. The SMILES string of the molecule is CC(C)(C)C(C=CC=O)=CC(=CO)CCCCCN. The normalized spacial score (nSPS) is 14.1. The first-order chi connectivity index (χ1) is 8.95. The Morgan fingerprint density at radius 3 is 2.37 bits per heavy atom. The topological polar surface area (TPSA) is 63.3 Å². The number of hydrogen-bond donors (Lipinski definition) is 2. The highest BCUT2D eigenvalue weighted by atomic mass is 16.2. The van der Waals surface area contributed by atoms with Crippen molar-refractivity contribution in [3.8, 4) is 0 Å². The highest BCUT2D eigenvalue weighted by molar-refractivity contribution is 5.66. The van der Waals surface area contributed by atoms with Gasteiger partial charge in [0.25, 0.3) is 0 Å². The van der Waals surface area contributed by atoms with Gasteiger partial charge in [-0.15, -0.1) is 0 Å². The van der Waals surface area contributed by atoms with Gasteiger partial charge >= 0.3 is 0 Å². The molecule has 0 aliphatic heterocycles. The van der Waals surface area contributed by atoms with Gasteiger partial charge in [-0.05, 0) is 48.4 Å². The number of hydrogen-bond acceptors (Lipinski definition) is 3. The fourth-order valence-corrected chi connectivity index (χ4v) is 1.68. The standard InChI is InChI=1S/C16H27NO2/c1-16(2,3)15(9-7-11-18)12-14(13-19)8-5-4-6-10-17/h7,9,11-13,19H,4-6,8,10,17H2,1-3H3. The molecule has 0 heterocycles. The number of aliphatic hydroxyl groups is 1. The molecule has 0 unspecified atom stereocenters. The number of carbonyl (C=O) groups is 1. The maximum Gasteiger partial charge on any atom is 0.142 e. The molecule has 3 heteroatoms. The third-order valence-electron chi connectivity index (χ3n) is 2.90. The second kappa shape index (κ2) is 9.56. The minimum Gasteiger partial charge on any atom is -0.515 e. The van der Waals surface area contributed by atoms with Crippen LogP contribution in [0.4, 0.5) is 0 Å². The van der Waals surface area contributed by atoms with Gasteiger partial charge in [-0.2, -0.15) is 0 Å². The summed E-state index contributed by atoms with van der Waals surface area (Å²) in [4.78, 5) is 10.4. The van der Waals surface area contributed by atoms with Crippen LogP contribution >= 0.6 is 0 Å². The van der Waals surface area contributed by atoms with E-state index in [1.165, 1.54) is 6.08 Å². The molecule has 0 aliphatic rings. The van der Waals surface area contributed by atoms with Gasteiger partial charge in [0.1, 0.15) is 6.29 Å². The summed E-state index contributed by atoms with van der Waals surface area (Å²) in [7, 11) is 0. The molecule has 0 fully saturated rings. The first-order valence-corrected chi connectivity index (χ1v) is 6.83. The molecule has 0 saturated carbocycles. The molecule has 0 bridgehead atoms. The molecule has 0 radical (unpaired) electrons. The van der Waals surface area contributed by atoms with Crippen molar-refractivity contribution in [3.63, 3.8) is 0 Å². The lowest BCUT2D eigenvalue weighted by molar-refractivity contribution is -0.104. The van der Waals surface area contributed by atoms with Crippen LogP contribution in [0.5, 0.6) is 0 Å².